The number of thiophene rings is 1. The van der Waals surface area contributed by atoms with Crippen molar-refractivity contribution in [3.8, 4) is 0 Å². The molecule has 0 aliphatic rings. The standard InChI is InChI=1S/C14H16FNS/c1-10-5-6-12(8-13(10)15)9-16-11(2)14-4-3-7-17-14/h3-8,11,16H,9H2,1-2H3/t11-/m0/s1. The molecule has 1 nitrogen and oxygen atoms in total. The predicted octanol–water partition coefficient (Wildman–Crippen LogP) is 4.05. The molecule has 90 valence electrons. The van der Waals surface area contributed by atoms with Crippen LogP contribution in [0.4, 0.5) is 4.39 Å². The van der Waals surface area contributed by atoms with Crippen molar-refractivity contribution in [2.24, 2.45) is 0 Å². The van der Waals surface area contributed by atoms with Crippen LogP contribution in [0.25, 0.3) is 0 Å². The average Bonchev–Trinajstić information content (AvgIpc) is 2.84. The van der Waals surface area contributed by atoms with Crippen molar-refractivity contribution in [3.63, 3.8) is 0 Å². The fraction of sp³-hybridized carbons (Fsp3) is 0.286. The molecule has 17 heavy (non-hydrogen) atoms. The van der Waals surface area contributed by atoms with Crippen LogP contribution in [0.15, 0.2) is 35.7 Å². The molecule has 1 atom stereocenters. The van der Waals surface area contributed by atoms with Crippen molar-refractivity contribution < 1.29 is 4.39 Å². The second-order valence-corrected chi connectivity index (χ2v) is 5.18. The fourth-order valence-corrected chi connectivity index (χ4v) is 2.41. The van der Waals surface area contributed by atoms with Crippen LogP contribution in [-0.4, -0.2) is 0 Å². The van der Waals surface area contributed by atoms with E-state index in [1.54, 1.807) is 24.3 Å². The zero-order chi connectivity index (χ0) is 12.3. The molecule has 0 bridgehead atoms. The minimum Gasteiger partial charge on any atom is -0.305 e. The third-order valence-corrected chi connectivity index (χ3v) is 3.87. The minimum absolute atomic E-state index is 0.131. The highest BCUT2D eigenvalue weighted by molar-refractivity contribution is 7.10. The van der Waals surface area contributed by atoms with Gasteiger partial charge in [0, 0.05) is 17.5 Å². The lowest BCUT2D eigenvalue weighted by atomic mass is 10.1. The van der Waals surface area contributed by atoms with E-state index in [0.29, 0.717) is 18.2 Å². The second-order valence-electron chi connectivity index (χ2n) is 4.20. The zero-order valence-electron chi connectivity index (χ0n) is 10.0. The Balaban J connectivity index is 1.96. The summed E-state index contributed by atoms with van der Waals surface area (Å²) in [5.41, 5.74) is 1.68. The Labute approximate surface area is 105 Å². The van der Waals surface area contributed by atoms with Gasteiger partial charge in [-0.05, 0) is 42.5 Å². The highest BCUT2D eigenvalue weighted by Gasteiger charge is 2.06. The van der Waals surface area contributed by atoms with Crippen molar-refractivity contribution in [1.82, 2.24) is 5.32 Å². The summed E-state index contributed by atoms with van der Waals surface area (Å²) in [5, 5.41) is 5.46. The molecule has 0 saturated heterocycles. The zero-order valence-corrected chi connectivity index (χ0v) is 10.9. The van der Waals surface area contributed by atoms with E-state index in [1.165, 1.54) is 4.88 Å². The number of rotatable bonds is 4. The molecule has 2 aromatic rings. The van der Waals surface area contributed by atoms with Gasteiger partial charge in [0.1, 0.15) is 5.82 Å². The van der Waals surface area contributed by atoms with Crippen LogP contribution >= 0.6 is 11.3 Å². The van der Waals surface area contributed by atoms with E-state index in [9.17, 15) is 4.39 Å². The van der Waals surface area contributed by atoms with Gasteiger partial charge in [-0.1, -0.05) is 18.2 Å². The summed E-state index contributed by atoms with van der Waals surface area (Å²) in [5.74, 6) is -0.131. The molecule has 3 heteroatoms. The molecule has 0 unspecified atom stereocenters. The van der Waals surface area contributed by atoms with Crippen molar-refractivity contribution in [3.05, 3.63) is 57.5 Å². The Hall–Kier alpha value is -1.19. The van der Waals surface area contributed by atoms with Crippen LogP contribution in [0.1, 0.15) is 29.0 Å². The Kier molecular flexibility index (Phi) is 3.92. The molecular formula is C14H16FNS. The van der Waals surface area contributed by atoms with Gasteiger partial charge in [0.25, 0.3) is 0 Å². The van der Waals surface area contributed by atoms with E-state index in [4.69, 9.17) is 0 Å². The predicted molar refractivity (Wildman–Crippen MR) is 70.7 cm³/mol. The third kappa shape index (κ3) is 3.14. The van der Waals surface area contributed by atoms with Gasteiger partial charge in [-0.15, -0.1) is 11.3 Å². The largest absolute Gasteiger partial charge is 0.305 e. The Morgan fingerprint density at radius 2 is 2.18 bits per heavy atom. The fourth-order valence-electron chi connectivity index (χ4n) is 1.66. The lowest BCUT2D eigenvalue weighted by Gasteiger charge is -2.12. The van der Waals surface area contributed by atoms with Gasteiger partial charge >= 0.3 is 0 Å². The molecule has 0 fully saturated rings. The lowest BCUT2D eigenvalue weighted by molar-refractivity contribution is 0.575. The average molecular weight is 249 g/mol. The minimum atomic E-state index is -0.131. The number of nitrogens with one attached hydrogen (secondary N) is 1. The van der Waals surface area contributed by atoms with E-state index in [2.05, 4.69) is 23.7 Å². The number of hydrogen-bond acceptors (Lipinski definition) is 2. The molecule has 0 radical (unpaired) electrons. The van der Waals surface area contributed by atoms with Gasteiger partial charge < -0.3 is 5.32 Å². The normalized spacial score (nSPS) is 12.6. The van der Waals surface area contributed by atoms with E-state index in [-0.39, 0.29) is 5.82 Å². The van der Waals surface area contributed by atoms with Gasteiger partial charge in [0.2, 0.25) is 0 Å². The lowest BCUT2D eigenvalue weighted by Crippen LogP contribution is -2.17. The molecule has 0 saturated carbocycles. The van der Waals surface area contributed by atoms with Gasteiger partial charge in [-0.25, -0.2) is 4.39 Å². The first-order valence-electron chi connectivity index (χ1n) is 5.68. The number of hydrogen-bond donors (Lipinski definition) is 1. The SMILES string of the molecule is Cc1ccc(CN[C@@H](C)c2cccs2)cc1F. The molecule has 1 N–H and O–H groups in total. The summed E-state index contributed by atoms with van der Waals surface area (Å²) in [6.45, 7) is 4.59. The topological polar surface area (TPSA) is 12.0 Å². The number of benzene rings is 1. The summed E-state index contributed by atoms with van der Waals surface area (Å²) >= 11 is 1.74. The van der Waals surface area contributed by atoms with Gasteiger partial charge in [0.05, 0.1) is 0 Å². The molecule has 0 spiro atoms. The Bertz CT molecular complexity index is 479. The van der Waals surface area contributed by atoms with Crippen molar-refractivity contribution >= 4 is 11.3 Å². The van der Waals surface area contributed by atoms with Crippen molar-refractivity contribution in [2.75, 3.05) is 0 Å². The summed E-state index contributed by atoms with van der Waals surface area (Å²) in [6.07, 6.45) is 0. The molecule has 1 heterocycles. The van der Waals surface area contributed by atoms with E-state index >= 15 is 0 Å². The monoisotopic (exact) mass is 249 g/mol. The molecule has 1 aromatic heterocycles. The first-order chi connectivity index (χ1) is 8.16. The molecule has 2 rings (SSSR count). The number of halogens is 1. The maximum atomic E-state index is 13.4. The Morgan fingerprint density at radius 1 is 1.35 bits per heavy atom. The Morgan fingerprint density at radius 3 is 2.82 bits per heavy atom. The van der Waals surface area contributed by atoms with Crippen LogP contribution in [0.3, 0.4) is 0 Å². The quantitative estimate of drug-likeness (QED) is 0.862. The number of aryl methyl sites for hydroxylation is 1. The molecule has 1 aromatic carbocycles. The highest BCUT2D eigenvalue weighted by Crippen LogP contribution is 2.18. The van der Waals surface area contributed by atoms with Crippen molar-refractivity contribution in [1.29, 1.82) is 0 Å². The summed E-state index contributed by atoms with van der Waals surface area (Å²) < 4.78 is 13.4. The molecule has 0 aliphatic carbocycles. The van der Waals surface area contributed by atoms with E-state index in [0.717, 1.165) is 5.56 Å². The van der Waals surface area contributed by atoms with Crippen LogP contribution in [0, 0.1) is 12.7 Å². The highest BCUT2D eigenvalue weighted by atomic mass is 32.1. The smallest absolute Gasteiger partial charge is 0.126 e. The van der Waals surface area contributed by atoms with Crippen LogP contribution in [-0.2, 0) is 6.54 Å². The summed E-state index contributed by atoms with van der Waals surface area (Å²) in [6, 6.07) is 9.85. The summed E-state index contributed by atoms with van der Waals surface area (Å²) in [4.78, 5) is 1.30. The van der Waals surface area contributed by atoms with Gasteiger partial charge in [-0.3, -0.25) is 0 Å². The molecular weight excluding hydrogens is 233 g/mol. The maximum Gasteiger partial charge on any atom is 0.126 e. The molecule has 0 aliphatic heterocycles. The van der Waals surface area contributed by atoms with Gasteiger partial charge in [-0.2, -0.15) is 0 Å². The van der Waals surface area contributed by atoms with E-state index < -0.39 is 0 Å². The first-order valence-corrected chi connectivity index (χ1v) is 6.56. The third-order valence-electron chi connectivity index (χ3n) is 2.82. The second kappa shape index (κ2) is 5.43. The van der Waals surface area contributed by atoms with Crippen LogP contribution in [0.5, 0.6) is 0 Å². The molecule has 0 amide bonds. The van der Waals surface area contributed by atoms with Crippen LogP contribution in [0.2, 0.25) is 0 Å². The van der Waals surface area contributed by atoms with Gasteiger partial charge in [0.15, 0.2) is 0 Å². The van der Waals surface area contributed by atoms with E-state index in [1.807, 2.05) is 18.2 Å². The van der Waals surface area contributed by atoms with Crippen molar-refractivity contribution in [2.45, 2.75) is 26.4 Å². The first kappa shape index (κ1) is 12.3. The van der Waals surface area contributed by atoms with Crippen LogP contribution < -0.4 is 5.32 Å². The summed E-state index contributed by atoms with van der Waals surface area (Å²) in [7, 11) is 0. The maximum absolute atomic E-state index is 13.4.